The number of carbonyl (C=O) groups is 1. The van der Waals surface area contributed by atoms with Crippen molar-refractivity contribution in [2.75, 3.05) is 24.7 Å². The summed E-state index contributed by atoms with van der Waals surface area (Å²) < 4.78 is 5.37. The van der Waals surface area contributed by atoms with Crippen molar-refractivity contribution in [2.24, 2.45) is 16.5 Å². The predicted molar refractivity (Wildman–Crippen MR) is 126 cm³/mol. The molecule has 178 valence electrons. The largest absolute Gasteiger partial charge is 0.491 e. The van der Waals surface area contributed by atoms with Crippen LogP contribution in [0.4, 0.5) is 5.69 Å². The van der Waals surface area contributed by atoms with E-state index in [4.69, 9.17) is 38.3 Å². The van der Waals surface area contributed by atoms with Crippen LogP contribution in [0.3, 0.4) is 0 Å². The van der Waals surface area contributed by atoms with Gasteiger partial charge in [0.15, 0.2) is 11.7 Å². The van der Waals surface area contributed by atoms with Crippen molar-refractivity contribution in [3.63, 3.8) is 0 Å². The van der Waals surface area contributed by atoms with Crippen LogP contribution in [0.1, 0.15) is 19.8 Å². The monoisotopic (exact) mass is 489 g/mol. The SMILES string of the molecule is CCCCNC(=N)NC(=O)C1=C(N)N(c2ccc(OCC(O)CO)cc2)C(N)C(Cl)=N1.Cl. The molecule has 1 aliphatic rings. The van der Waals surface area contributed by atoms with Gasteiger partial charge in [0.05, 0.1) is 6.61 Å². The maximum atomic E-state index is 12.6. The van der Waals surface area contributed by atoms with Crippen molar-refractivity contribution in [1.82, 2.24) is 10.6 Å². The summed E-state index contributed by atoms with van der Waals surface area (Å²) in [6.07, 6.45) is -0.0948. The van der Waals surface area contributed by atoms with Crippen LogP contribution >= 0.6 is 24.0 Å². The van der Waals surface area contributed by atoms with Crippen LogP contribution in [0.2, 0.25) is 0 Å². The summed E-state index contributed by atoms with van der Waals surface area (Å²) in [7, 11) is 0. The highest BCUT2D eigenvalue weighted by Gasteiger charge is 2.31. The number of hydrogen-bond donors (Lipinski definition) is 7. The lowest BCUT2D eigenvalue weighted by Crippen LogP contribution is -2.52. The van der Waals surface area contributed by atoms with Gasteiger partial charge in [-0.15, -0.1) is 12.4 Å². The highest BCUT2D eigenvalue weighted by Crippen LogP contribution is 2.27. The van der Waals surface area contributed by atoms with Crippen LogP contribution in [0, 0.1) is 5.41 Å². The lowest BCUT2D eigenvalue weighted by molar-refractivity contribution is -0.116. The minimum atomic E-state index is -0.986. The second-order valence-corrected chi connectivity index (χ2v) is 7.12. The summed E-state index contributed by atoms with van der Waals surface area (Å²) in [6, 6.07) is 6.53. The molecule has 0 fully saturated rings. The van der Waals surface area contributed by atoms with E-state index in [1.807, 2.05) is 6.92 Å². The molecule has 0 bridgehead atoms. The Labute approximate surface area is 197 Å². The zero-order chi connectivity index (χ0) is 23.0. The number of rotatable bonds is 9. The van der Waals surface area contributed by atoms with Crippen LogP contribution in [-0.4, -0.2) is 59.3 Å². The quantitative estimate of drug-likeness (QED) is 0.145. The number of aliphatic imine (C=N–C) groups is 1. The molecule has 1 amide bonds. The number of aliphatic hydroxyl groups is 2. The number of anilines is 1. The number of ether oxygens (including phenoxy) is 1. The summed E-state index contributed by atoms with van der Waals surface area (Å²) in [4.78, 5) is 18.0. The van der Waals surface area contributed by atoms with E-state index in [0.717, 1.165) is 12.8 Å². The van der Waals surface area contributed by atoms with Gasteiger partial charge in [-0.2, -0.15) is 0 Å². The first-order valence-corrected chi connectivity index (χ1v) is 10.1. The van der Waals surface area contributed by atoms with E-state index in [1.54, 1.807) is 24.3 Å². The molecule has 2 atom stereocenters. The number of benzene rings is 1. The zero-order valence-electron chi connectivity index (χ0n) is 17.5. The van der Waals surface area contributed by atoms with Crippen molar-refractivity contribution in [1.29, 1.82) is 5.41 Å². The van der Waals surface area contributed by atoms with E-state index in [0.29, 0.717) is 18.0 Å². The average Bonchev–Trinajstić information content (AvgIpc) is 2.75. The Morgan fingerprint density at radius 3 is 2.66 bits per heavy atom. The number of aliphatic hydroxyl groups excluding tert-OH is 2. The maximum Gasteiger partial charge on any atom is 0.280 e. The summed E-state index contributed by atoms with van der Waals surface area (Å²) >= 11 is 6.15. The molecule has 1 heterocycles. The van der Waals surface area contributed by atoms with Crippen molar-refractivity contribution >= 4 is 46.7 Å². The Bertz CT molecular complexity index is 849. The molecule has 11 nitrogen and oxygen atoms in total. The van der Waals surface area contributed by atoms with E-state index >= 15 is 0 Å². The van der Waals surface area contributed by atoms with E-state index in [2.05, 4.69) is 15.6 Å². The standard InChI is InChI=1S/C19H28ClN7O4.ClH/c1-2-3-8-24-19(23)26-18(30)14-16(21)27(17(22)15(20)25-14)11-4-6-13(7-5-11)31-10-12(29)9-28;/h4-7,12,17,28-29H,2-3,8-10,21-22H2,1H3,(H3,23,24,26,30);1H. The van der Waals surface area contributed by atoms with Gasteiger partial charge in [-0.25, -0.2) is 4.99 Å². The Kier molecular flexibility index (Phi) is 11.2. The highest BCUT2D eigenvalue weighted by molar-refractivity contribution is 6.67. The number of nitrogens with two attached hydrogens (primary N) is 2. The fourth-order valence-corrected chi connectivity index (χ4v) is 2.80. The fraction of sp³-hybridized carbons (Fsp3) is 0.421. The lowest BCUT2D eigenvalue weighted by atomic mass is 10.2. The zero-order valence-corrected chi connectivity index (χ0v) is 19.1. The molecule has 2 rings (SSSR count). The molecular formula is C19H29Cl2N7O4. The third-order valence-electron chi connectivity index (χ3n) is 4.30. The predicted octanol–water partition coefficient (Wildman–Crippen LogP) is 0.151. The van der Waals surface area contributed by atoms with Crippen molar-refractivity contribution in [3.8, 4) is 5.75 Å². The molecule has 9 N–H and O–H groups in total. The first-order valence-electron chi connectivity index (χ1n) is 9.72. The molecule has 0 aromatic heterocycles. The van der Waals surface area contributed by atoms with Crippen LogP contribution < -0.4 is 31.7 Å². The molecule has 2 unspecified atom stereocenters. The van der Waals surface area contributed by atoms with Gasteiger partial charge >= 0.3 is 0 Å². The summed E-state index contributed by atoms with van der Waals surface area (Å²) in [6.45, 7) is 2.09. The molecule has 0 aliphatic carbocycles. The number of nitrogens with zero attached hydrogens (tertiary/aromatic N) is 2. The van der Waals surface area contributed by atoms with Crippen molar-refractivity contribution in [3.05, 3.63) is 35.8 Å². The Morgan fingerprint density at radius 1 is 1.41 bits per heavy atom. The molecule has 32 heavy (non-hydrogen) atoms. The van der Waals surface area contributed by atoms with Crippen LogP contribution in [0.15, 0.2) is 40.8 Å². The topological polar surface area (TPSA) is 182 Å². The molecule has 0 saturated carbocycles. The number of hydrogen-bond acceptors (Lipinski definition) is 9. The number of unbranched alkanes of at least 4 members (excludes halogenated alkanes) is 1. The first-order chi connectivity index (χ1) is 14.8. The van der Waals surface area contributed by atoms with Crippen LogP contribution in [-0.2, 0) is 4.79 Å². The number of amides is 1. The number of guanidine groups is 1. The summed E-state index contributed by atoms with van der Waals surface area (Å²) in [5.41, 5.74) is 12.6. The molecule has 1 aromatic rings. The minimum absolute atomic E-state index is 0. The van der Waals surface area contributed by atoms with Crippen molar-refractivity contribution < 1.29 is 19.7 Å². The highest BCUT2D eigenvalue weighted by atomic mass is 35.5. The number of carbonyl (C=O) groups excluding carboxylic acids is 1. The van der Waals surface area contributed by atoms with Crippen LogP contribution in [0.25, 0.3) is 0 Å². The fourth-order valence-electron chi connectivity index (χ4n) is 2.62. The Morgan fingerprint density at radius 2 is 2.06 bits per heavy atom. The van der Waals surface area contributed by atoms with E-state index in [1.165, 1.54) is 4.90 Å². The van der Waals surface area contributed by atoms with Gasteiger partial charge < -0.3 is 36.6 Å². The summed E-state index contributed by atoms with van der Waals surface area (Å²) in [5, 5.41) is 31.2. The van der Waals surface area contributed by atoms with Gasteiger partial charge in [-0.05, 0) is 30.7 Å². The minimum Gasteiger partial charge on any atom is -0.491 e. The average molecular weight is 490 g/mol. The molecule has 0 spiro atoms. The number of halogens is 2. The van der Waals surface area contributed by atoms with E-state index in [-0.39, 0.29) is 41.7 Å². The van der Waals surface area contributed by atoms with Gasteiger partial charge in [-0.1, -0.05) is 24.9 Å². The van der Waals surface area contributed by atoms with E-state index in [9.17, 15) is 9.90 Å². The van der Waals surface area contributed by atoms with Gasteiger partial charge in [0.1, 0.15) is 35.6 Å². The Balaban J connectivity index is 0.00000512. The molecule has 1 aliphatic heterocycles. The van der Waals surface area contributed by atoms with E-state index < -0.39 is 24.8 Å². The lowest BCUT2D eigenvalue weighted by Gasteiger charge is -2.33. The van der Waals surface area contributed by atoms with Crippen molar-refractivity contribution in [2.45, 2.75) is 32.0 Å². The number of nitrogens with one attached hydrogen (secondary N) is 3. The summed E-state index contributed by atoms with van der Waals surface area (Å²) in [5.74, 6) is -0.439. The Hall–Kier alpha value is -2.57. The molecule has 1 aromatic carbocycles. The van der Waals surface area contributed by atoms with Gasteiger partial charge in [0.25, 0.3) is 5.91 Å². The third kappa shape index (κ3) is 7.24. The molecule has 0 radical (unpaired) electrons. The first kappa shape index (κ1) is 27.5. The third-order valence-corrected chi connectivity index (χ3v) is 4.60. The molecule has 0 saturated heterocycles. The second kappa shape index (κ2) is 13.1. The van der Waals surface area contributed by atoms with Crippen LogP contribution in [0.5, 0.6) is 5.75 Å². The smallest absolute Gasteiger partial charge is 0.280 e. The van der Waals surface area contributed by atoms with Gasteiger partial charge in [0.2, 0.25) is 0 Å². The van der Waals surface area contributed by atoms with Gasteiger partial charge in [-0.3, -0.25) is 15.5 Å². The normalized spacial score (nSPS) is 16.6. The second-order valence-electron chi connectivity index (χ2n) is 6.73. The maximum absolute atomic E-state index is 12.6. The van der Waals surface area contributed by atoms with Gasteiger partial charge in [0, 0.05) is 12.2 Å². The molecule has 13 heteroatoms. The molecular weight excluding hydrogens is 461 g/mol.